The van der Waals surface area contributed by atoms with Gasteiger partial charge in [0.2, 0.25) is 5.91 Å². The van der Waals surface area contributed by atoms with Gasteiger partial charge in [0.25, 0.3) is 0 Å². The minimum atomic E-state index is 0.0545. The molecule has 3 heteroatoms. The molecule has 1 heterocycles. The maximum atomic E-state index is 12.5. The number of carbonyl (C=O) groups excluding carboxylic acids is 1. The SMILES string of the molecule is CC1(C)CN(C(=O)CC2CCCCCC2)CCC1Cl. The van der Waals surface area contributed by atoms with E-state index in [0.29, 0.717) is 11.8 Å². The van der Waals surface area contributed by atoms with E-state index in [9.17, 15) is 4.79 Å². The number of carbonyl (C=O) groups is 1. The first-order valence-electron chi connectivity index (χ1n) is 7.91. The van der Waals surface area contributed by atoms with Gasteiger partial charge in [0.15, 0.2) is 0 Å². The van der Waals surface area contributed by atoms with Crippen molar-refractivity contribution in [3.05, 3.63) is 0 Å². The minimum Gasteiger partial charge on any atom is -0.342 e. The largest absolute Gasteiger partial charge is 0.342 e. The van der Waals surface area contributed by atoms with E-state index in [4.69, 9.17) is 11.6 Å². The number of hydrogen-bond acceptors (Lipinski definition) is 1. The molecule has 19 heavy (non-hydrogen) atoms. The van der Waals surface area contributed by atoms with Gasteiger partial charge < -0.3 is 4.90 Å². The lowest BCUT2D eigenvalue weighted by atomic mass is 9.83. The van der Waals surface area contributed by atoms with Crippen molar-refractivity contribution >= 4 is 17.5 Å². The molecular formula is C16H28ClNO. The van der Waals surface area contributed by atoms with Crippen LogP contribution in [-0.4, -0.2) is 29.3 Å². The van der Waals surface area contributed by atoms with Crippen LogP contribution < -0.4 is 0 Å². The zero-order valence-electron chi connectivity index (χ0n) is 12.5. The topological polar surface area (TPSA) is 20.3 Å². The summed E-state index contributed by atoms with van der Waals surface area (Å²) in [6, 6.07) is 0. The summed E-state index contributed by atoms with van der Waals surface area (Å²) in [5.41, 5.74) is 0.0545. The predicted molar refractivity (Wildman–Crippen MR) is 80.4 cm³/mol. The Balaban J connectivity index is 1.85. The molecule has 0 bridgehead atoms. The summed E-state index contributed by atoms with van der Waals surface area (Å²) in [6.45, 7) is 6.03. The lowest BCUT2D eigenvalue weighted by Gasteiger charge is -2.42. The molecule has 110 valence electrons. The summed E-state index contributed by atoms with van der Waals surface area (Å²) in [4.78, 5) is 14.5. The molecule has 2 rings (SSSR count). The van der Waals surface area contributed by atoms with E-state index in [1.807, 2.05) is 0 Å². The van der Waals surface area contributed by atoms with Crippen LogP contribution in [0, 0.1) is 11.3 Å². The normalized spacial score (nSPS) is 29.0. The molecule has 0 aromatic rings. The molecule has 2 fully saturated rings. The zero-order valence-corrected chi connectivity index (χ0v) is 13.2. The third-order valence-corrected chi connectivity index (χ3v) is 5.70. The van der Waals surface area contributed by atoms with E-state index in [2.05, 4.69) is 18.7 Å². The number of rotatable bonds is 2. The third-order valence-electron chi connectivity index (χ3n) is 4.89. The first kappa shape index (κ1) is 15.2. The first-order valence-corrected chi connectivity index (χ1v) is 8.34. The Hall–Kier alpha value is -0.240. The summed E-state index contributed by atoms with van der Waals surface area (Å²) in [5.74, 6) is 0.996. The molecule has 0 spiro atoms. The van der Waals surface area contributed by atoms with Crippen molar-refractivity contribution in [2.45, 2.75) is 70.6 Å². The number of piperidine rings is 1. The lowest BCUT2D eigenvalue weighted by molar-refractivity contribution is -0.135. The molecule has 0 radical (unpaired) electrons. The average Bonchev–Trinajstić information content (AvgIpc) is 2.61. The fourth-order valence-electron chi connectivity index (χ4n) is 3.49. The van der Waals surface area contributed by atoms with Crippen molar-refractivity contribution < 1.29 is 4.79 Å². The number of alkyl halides is 1. The fraction of sp³-hybridized carbons (Fsp3) is 0.938. The Morgan fingerprint density at radius 2 is 1.79 bits per heavy atom. The van der Waals surface area contributed by atoms with Gasteiger partial charge in [-0.25, -0.2) is 0 Å². The lowest BCUT2D eigenvalue weighted by Crippen LogP contribution is -2.49. The van der Waals surface area contributed by atoms with Gasteiger partial charge in [-0.2, -0.15) is 0 Å². The van der Waals surface area contributed by atoms with E-state index in [1.165, 1.54) is 38.5 Å². The van der Waals surface area contributed by atoms with E-state index >= 15 is 0 Å². The van der Waals surface area contributed by atoms with Gasteiger partial charge in [0.05, 0.1) is 0 Å². The van der Waals surface area contributed by atoms with Gasteiger partial charge >= 0.3 is 0 Å². The molecule has 1 aliphatic heterocycles. The third kappa shape index (κ3) is 4.11. The molecule has 1 saturated heterocycles. The van der Waals surface area contributed by atoms with Gasteiger partial charge in [-0.3, -0.25) is 4.79 Å². The summed E-state index contributed by atoms with van der Waals surface area (Å²) in [6.07, 6.45) is 9.54. The summed E-state index contributed by atoms with van der Waals surface area (Å²) >= 11 is 6.35. The molecular weight excluding hydrogens is 258 g/mol. The van der Waals surface area contributed by atoms with Crippen molar-refractivity contribution in [3.63, 3.8) is 0 Å². The van der Waals surface area contributed by atoms with Crippen molar-refractivity contribution in [1.82, 2.24) is 4.90 Å². The number of hydrogen-bond donors (Lipinski definition) is 0. The second-order valence-corrected chi connectivity index (χ2v) is 7.65. The maximum Gasteiger partial charge on any atom is 0.222 e. The Bertz CT molecular complexity index is 308. The van der Waals surface area contributed by atoms with Crippen LogP contribution in [0.5, 0.6) is 0 Å². The molecule has 0 aromatic carbocycles. The summed E-state index contributed by atoms with van der Waals surface area (Å²) in [7, 11) is 0. The van der Waals surface area contributed by atoms with Crippen LogP contribution in [0.25, 0.3) is 0 Å². The van der Waals surface area contributed by atoms with Crippen LogP contribution in [-0.2, 0) is 4.79 Å². The molecule has 2 aliphatic rings. The van der Waals surface area contributed by atoms with Gasteiger partial charge in [-0.05, 0) is 30.6 Å². The molecule has 1 atom stereocenters. The monoisotopic (exact) mass is 285 g/mol. The Kier molecular flexibility index (Phi) is 5.16. The van der Waals surface area contributed by atoms with Gasteiger partial charge in [-0.15, -0.1) is 11.6 Å². The summed E-state index contributed by atoms with van der Waals surface area (Å²) in [5, 5.41) is 0.203. The highest BCUT2D eigenvalue weighted by molar-refractivity contribution is 6.21. The fourth-order valence-corrected chi connectivity index (χ4v) is 3.65. The highest BCUT2D eigenvalue weighted by Gasteiger charge is 2.36. The van der Waals surface area contributed by atoms with Gasteiger partial charge in [0.1, 0.15) is 0 Å². The van der Waals surface area contributed by atoms with E-state index in [1.54, 1.807) is 0 Å². The molecule has 1 saturated carbocycles. The van der Waals surface area contributed by atoms with E-state index < -0.39 is 0 Å². The molecule has 2 nitrogen and oxygen atoms in total. The van der Waals surface area contributed by atoms with Crippen molar-refractivity contribution in [2.75, 3.05) is 13.1 Å². The summed E-state index contributed by atoms with van der Waals surface area (Å²) < 4.78 is 0. The standard InChI is InChI=1S/C16H28ClNO/c1-16(2)12-18(10-9-14(16)17)15(19)11-13-7-5-3-4-6-8-13/h13-14H,3-12H2,1-2H3. The molecule has 1 aliphatic carbocycles. The Morgan fingerprint density at radius 3 is 2.37 bits per heavy atom. The highest BCUT2D eigenvalue weighted by Crippen LogP contribution is 2.34. The molecule has 0 N–H and O–H groups in total. The van der Waals surface area contributed by atoms with Crippen LogP contribution >= 0.6 is 11.6 Å². The smallest absolute Gasteiger partial charge is 0.222 e. The quantitative estimate of drug-likeness (QED) is 0.550. The van der Waals surface area contributed by atoms with E-state index in [-0.39, 0.29) is 10.8 Å². The average molecular weight is 286 g/mol. The molecule has 1 unspecified atom stereocenters. The van der Waals surface area contributed by atoms with Crippen molar-refractivity contribution in [2.24, 2.45) is 11.3 Å². The van der Waals surface area contributed by atoms with Crippen LogP contribution in [0.3, 0.4) is 0 Å². The van der Waals surface area contributed by atoms with Crippen LogP contribution in [0.15, 0.2) is 0 Å². The molecule has 1 amide bonds. The van der Waals surface area contributed by atoms with Crippen LogP contribution in [0.1, 0.15) is 65.2 Å². The molecule has 0 aromatic heterocycles. The minimum absolute atomic E-state index is 0.0545. The van der Waals surface area contributed by atoms with Crippen molar-refractivity contribution in [1.29, 1.82) is 0 Å². The second kappa shape index (κ2) is 6.47. The second-order valence-electron chi connectivity index (χ2n) is 7.12. The maximum absolute atomic E-state index is 12.5. The number of nitrogens with zero attached hydrogens (tertiary/aromatic N) is 1. The number of amides is 1. The van der Waals surface area contributed by atoms with Gasteiger partial charge in [-0.1, -0.05) is 39.5 Å². The van der Waals surface area contributed by atoms with Crippen molar-refractivity contribution in [3.8, 4) is 0 Å². The highest BCUT2D eigenvalue weighted by atomic mass is 35.5. The zero-order chi connectivity index (χ0) is 13.9. The number of halogens is 1. The van der Waals surface area contributed by atoms with Gasteiger partial charge in [0, 0.05) is 24.9 Å². The van der Waals surface area contributed by atoms with Crippen LogP contribution in [0.4, 0.5) is 0 Å². The van der Waals surface area contributed by atoms with E-state index in [0.717, 1.165) is 25.9 Å². The Morgan fingerprint density at radius 1 is 1.16 bits per heavy atom. The predicted octanol–water partition coefficient (Wildman–Crippen LogP) is 4.21. The Labute approximate surface area is 122 Å². The first-order chi connectivity index (χ1) is 8.99. The number of likely N-dealkylation sites (tertiary alicyclic amines) is 1. The van der Waals surface area contributed by atoms with Crippen LogP contribution in [0.2, 0.25) is 0 Å².